The van der Waals surface area contributed by atoms with Gasteiger partial charge >= 0.3 is 5.97 Å². The Morgan fingerprint density at radius 3 is 2.92 bits per heavy atom. The standard InChI is InChI=1S/C7H12N2O4/c10-5(7(12)13)3-9-2-1-8-6(11)4-9/h5,10H,1-4H2,(H,8,11)(H,12,13). The van der Waals surface area contributed by atoms with Crippen LogP contribution < -0.4 is 5.32 Å². The topological polar surface area (TPSA) is 89.9 Å². The summed E-state index contributed by atoms with van der Waals surface area (Å²) in [6.45, 7) is 1.24. The molecular weight excluding hydrogens is 176 g/mol. The Bertz CT molecular complexity index is 219. The minimum atomic E-state index is -1.41. The lowest BCUT2D eigenvalue weighted by atomic mass is 10.3. The van der Waals surface area contributed by atoms with Crippen molar-refractivity contribution in [2.75, 3.05) is 26.2 Å². The molecule has 0 saturated carbocycles. The first-order chi connectivity index (χ1) is 6.09. The van der Waals surface area contributed by atoms with Gasteiger partial charge in [-0.1, -0.05) is 0 Å². The van der Waals surface area contributed by atoms with Crippen LogP contribution in [0.1, 0.15) is 0 Å². The van der Waals surface area contributed by atoms with Gasteiger partial charge in [-0.3, -0.25) is 9.69 Å². The number of carbonyl (C=O) groups is 2. The quantitative estimate of drug-likeness (QED) is 0.470. The summed E-state index contributed by atoms with van der Waals surface area (Å²) in [6.07, 6.45) is -1.41. The molecule has 1 rings (SSSR count). The molecule has 1 fully saturated rings. The Balaban J connectivity index is 2.35. The lowest BCUT2D eigenvalue weighted by Gasteiger charge is -2.27. The first kappa shape index (κ1) is 9.94. The van der Waals surface area contributed by atoms with Gasteiger partial charge in [0.25, 0.3) is 0 Å². The molecule has 0 radical (unpaired) electrons. The predicted molar refractivity (Wildman–Crippen MR) is 43.1 cm³/mol. The molecule has 0 aliphatic carbocycles. The van der Waals surface area contributed by atoms with Crippen LogP contribution in [0.2, 0.25) is 0 Å². The van der Waals surface area contributed by atoms with Gasteiger partial charge in [0, 0.05) is 19.6 Å². The average molecular weight is 188 g/mol. The van der Waals surface area contributed by atoms with Crippen molar-refractivity contribution in [3.63, 3.8) is 0 Å². The van der Waals surface area contributed by atoms with Crippen molar-refractivity contribution in [1.82, 2.24) is 10.2 Å². The second kappa shape index (κ2) is 4.20. The maximum absolute atomic E-state index is 10.8. The number of hydrogen-bond donors (Lipinski definition) is 3. The molecule has 1 heterocycles. The van der Waals surface area contributed by atoms with E-state index in [0.717, 1.165) is 0 Å². The van der Waals surface area contributed by atoms with Gasteiger partial charge in [0.15, 0.2) is 6.10 Å². The fourth-order valence-corrected chi connectivity index (χ4v) is 1.17. The van der Waals surface area contributed by atoms with E-state index in [1.807, 2.05) is 0 Å². The maximum Gasteiger partial charge on any atom is 0.333 e. The first-order valence-electron chi connectivity index (χ1n) is 3.99. The van der Waals surface area contributed by atoms with Gasteiger partial charge in [0.2, 0.25) is 5.91 Å². The fraction of sp³-hybridized carbons (Fsp3) is 0.714. The molecule has 1 aliphatic heterocycles. The van der Waals surface area contributed by atoms with Gasteiger partial charge in [0.1, 0.15) is 0 Å². The van der Waals surface area contributed by atoms with E-state index in [0.29, 0.717) is 13.1 Å². The van der Waals surface area contributed by atoms with Crippen LogP contribution in [-0.2, 0) is 9.59 Å². The molecule has 0 aromatic heterocycles. The normalized spacial score (nSPS) is 20.8. The van der Waals surface area contributed by atoms with Crippen LogP contribution in [0.3, 0.4) is 0 Å². The van der Waals surface area contributed by atoms with Gasteiger partial charge in [-0.25, -0.2) is 4.79 Å². The predicted octanol–water partition coefficient (Wildman–Crippen LogP) is -2.14. The van der Waals surface area contributed by atoms with E-state index >= 15 is 0 Å². The summed E-state index contributed by atoms with van der Waals surface area (Å²) in [5, 5.41) is 20.0. The summed E-state index contributed by atoms with van der Waals surface area (Å²) in [6, 6.07) is 0. The van der Waals surface area contributed by atoms with E-state index in [1.165, 1.54) is 0 Å². The number of nitrogens with one attached hydrogen (secondary N) is 1. The van der Waals surface area contributed by atoms with Gasteiger partial charge in [-0.05, 0) is 0 Å². The van der Waals surface area contributed by atoms with E-state index in [4.69, 9.17) is 10.2 Å². The molecule has 74 valence electrons. The molecule has 1 unspecified atom stereocenters. The van der Waals surface area contributed by atoms with E-state index in [2.05, 4.69) is 5.32 Å². The molecule has 0 aromatic rings. The number of amides is 1. The third-order valence-corrected chi connectivity index (χ3v) is 1.83. The van der Waals surface area contributed by atoms with Crippen LogP contribution in [0.25, 0.3) is 0 Å². The highest BCUT2D eigenvalue weighted by atomic mass is 16.4. The summed E-state index contributed by atoms with van der Waals surface area (Å²) in [7, 11) is 0. The number of carboxylic acid groups (broad SMARTS) is 1. The third-order valence-electron chi connectivity index (χ3n) is 1.83. The molecule has 6 nitrogen and oxygen atoms in total. The number of hydrogen-bond acceptors (Lipinski definition) is 4. The molecule has 3 N–H and O–H groups in total. The average Bonchev–Trinajstić information content (AvgIpc) is 2.04. The Labute approximate surface area is 75.1 Å². The number of rotatable bonds is 3. The lowest BCUT2D eigenvalue weighted by Crippen LogP contribution is -2.50. The summed E-state index contributed by atoms with van der Waals surface area (Å²) in [4.78, 5) is 22.7. The zero-order valence-corrected chi connectivity index (χ0v) is 7.06. The third kappa shape index (κ3) is 3.00. The summed E-state index contributed by atoms with van der Waals surface area (Å²) < 4.78 is 0. The van der Waals surface area contributed by atoms with Crippen molar-refractivity contribution in [1.29, 1.82) is 0 Å². The summed E-state index contributed by atoms with van der Waals surface area (Å²) >= 11 is 0. The first-order valence-corrected chi connectivity index (χ1v) is 3.99. The smallest absolute Gasteiger partial charge is 0.333 e. The highest BCUT2D eigenvalue weighted by molar-refractivity contribution is 5.79. The largest absolute Gasteiger partial charge is 0.479 e. The Kier molecular flexibility index (Phi) is 3.21. The number of nitrogens with zero attached hydrogens (tertiary/aromatic N) is 1. The number of carbonyl (C=O) groups excluding carboxylic acids is 1. The highest BCUT2D eigenvalue weighted by Gasteiger charge is 2.22. The molecule has 1 atom stereocenters. The van der Waals surface area contributed by atoms with E-state index in [-0.39, 0.29) is 19.0 Å². The van der Waals surface area contributed by atoms with E-state index in [1.54, 1.807) is 4.90 Å². The number of aliphatic hydroxyl groups excluding tert-OH is 1. The number of β-amino-alcohol motifs (C(OH)–C–C–N with tert-alkyl or cyclic N) is 1. The number of aliphatic hydroxyl groups is 1. The van der Waals surface area contributed by atoms with Gasteiger partial charge in [-0.2, -0.15) is 0 Å². The zero-order valence-electron chi connectivity index (χ0n) is 7.06. The Morgan fingerprint density at radius 1 is 1.69 bits per heavy atom. The molecule has 1 amide bonds. The molecule has 1 aliphatic rings. The monoisotopic (exact) mass is 188 g/mol. The van der Waals surface area contributed by atoms with Crippen LogP contribution in [-0.4, -0.2) is 59.3 Å². The molecular formula is C7H12N2O4. The van der Waals surface area contributed by atoms with Crippen LogP contribution in [0, 0.1) is 0 Å². The van der Waals surface area contributed by atoms with Crippen LogP contribution in [0.4, 0.5) is 0 Å². The van der Waals surface area contributed by atoms with E-state index < -0.39 is 12.1 Å². The minimum absolute atomic E-state index is 0.00273. The second-order valence-corrected chi connectivity index (χ2v) is 2.94. The van der Waals surface area contributed by atoms with Crippen molar-refractivity contribution in [2.45, 2.75) is 6.10 Å². The Morgan fingerprint density at radius 2 is 2.38 bits per heavy atom. The van der Waals surface area contributed by atoms with Crippen molar-refractivity contribution in [3.8, 4) is 0 Å². The zero-order chi connectivity index (χ0) is 9.84. The number of piperazine rings is 1. The van der Waals surface area contributed by atoms with Crippen LogP contribution in [0.15, 0.2) is 0 Å². The SMILES string of the molecule is O=C1CN(CC(O)C(=O)O)CCN1. The second-order valence-electron chi connectivity index (χ2n) is 2.94. The summed E-state index contributed by atoms with van der Waals surface area (Å²) in [5.74, 6) is -1.39. The molecule has 0 spiro atoms. The van der Waals surface area contributed by atoms with Crippen molar-refractivity contribution < 1.29 is 19.8 Å². The van der Waals surface area contributed by atoms with Crippen molar-refractivity contribution >= 4 is 11.9 Å². The number of carboxylic acids is 1. The highest BCUT2D eigenvalue weighted by Crippen LogP contribution is 1.96. The van der Waals surface area contributed by atoms with Crippen LogP contribution in [0.5, 0.6) is 0 Å². The maximum atomic E-state index is 10.8. The number of aliphatic carboxylic acids is 1. The van der Waals surface area contributed by atoms with Crippen molar-refractivity contribution in [2.24, 2.45) is 0 Å². The molecule has 1 saturated heterocycles. The fourth-order valence-electron chi connectivity index (χ4n) is 1.17. The van der Waals surface area contributed by atoms with Crippen molar-refractivity contribution in [3.05, 3.63) is 0 Å². The van der Waals surface area contributed by atoms with Gasteiger partial charge in [0.05, 0.1) is 6.54 Å². The van der Waals surface area contributed by atoms with Crippen LogP contribution >= 0.6 is 0 Å². The molecule has 13 heavy (non-hydrogen) atoms. The molecule has 0 aromatic carbocycles. The minimum Gasteiger partial charge on any atom is -0.479 e. The lowest BCUT2D eigenvalue weighted by molar-refractivity contribution is -0.148. The Hall–Kier alpha value is -1.14. The molecule has 6 heteroatoms. The molecule has 0 bridgehead atoms. The van der Waals surface area contributed by atoms with Gasteiger partial charge < -0.3 is 15.5 Å². The van der Waals surface area contributed by atoms with E-state index in [9.17, 15) is 9.59 Å². The van der Waals surface area contributed by atoms with Gasteiger partial charge in [-0.15, -0.1) is 0 Å². The summed E-state index contributed by atoms with van der Waals surface area (Å²) in [5.41, 5.74) is 0.